The molecule has 1 aliphatic carbocycles. The van der Waals surface area contributed by atoms with E-state index in [0.29, 0.717) is 11.5 Å². The molecule has 0 spiro atoms. The summed E-state index contributed by atoms with van der Waals surface area (Å²) in [4.78, 5) is 8.14. The van der Waals surface area contributed by atoms with Gasteiger partial charge in [0.05, 0.1) is 12.4 Å². The molecule has 2 unspecified atom stereocenters. The Kier molecular flexibility index (Phi) is 3.89. The summed E-state index contributed by atoms with van der Waals surface area (Å²) >= 11 is 0. The lowest BCUT2D eigenvalue weighted by molar-refractivity contribution is 0.527. The Hall–Kier alpha value is -1.67. The van der Waals surface area contributed by atoms with Gasteiger partial charge in [-0.15, -0.1) is 0 Å². The first-order valence-corrected chi connectivity index (χ1v) is 6.04. The molecule has 1 aromatic heterocycles. The van der Waals surface area contributed by atoms with E-state index in [1.165, 1.54) is 25.5 Å². The van der Waals surface area contributed by atoms with E-state index in [4.69, 9.17) is 11.0 Å². The summed E-state index contributed by atoms with van der Waals surface area (Å²) in [6.07, 6.45) is 8.86. The van der Waals surface area contributed by atoms with Gasteiger partial charge in [-0.25, -0.2) is 9.97 Å². The Morgan fingerprint density at radius 3 is 2.76 bits per heavy atom. The van der Waals surface area contributed by atoms with Gasteiger partial charge in [0.2, 0.25) is 0 Å². The summed E-state index contributed by atoms with van der Waals surface area (Å²) in [5, 5.41) is 12.0. The van der Waals surface area contributed by atoms with Crippen LogP contribution in [0.2, 0.25) is 0 Å². The van der Waals surface area contributed by atoms with Crippen LogP contribution in [0.3, 0.4) is 0 Å². The Morgan fingerprint density at radius 1 is 1.24 bits per heavy atom. The van der Waals surface area contributed by atoms with Gasteiger partial charge in [0.15, 0.2) is 5.69 Å². The van der Waals surface area contributed by atoms with E-state index < -0.39 is 0 Å². The van der Waals surface area contributed by atoms with Gasteiger partial charge < -0.3 is 11.1 Å². The summed E-state index contributed by atoms with van der Waals surface area (Å²) in [7, 11) is 0. The predicted molar refractivity (Wildman–Crippen MR) is 65.2 cm³/mol. The molecular weight excluding hydrogens is 214 g/mol. The van der Waals surface area contributed by atoms with Crippen molar-refractivity contribution in [1.82, 2.24) is 9.97 Å². The second-order valence-electron chi connectivity index (χ2n) is 4.45. The van der Waals surface area contributed by atoms with Crippen LogP contribution < -0.4 is 11.1 Å². The molecule has 0 radical (unpaired) electrons. The van der Waals surface area contributed by atoms with Gasteiger partial charge in [0.25, 0.3) is 0 Å². The van der Waals surface area contributed by atoms with Crippen LogP contribution >= 0.6 is 0 Å². The van der Waals surface area contributed by atoms with Crippen molar-refractivity contribution in [2.24, 2.45) is 5.73 Å². The maximum Gasteiger partial charge on any atom is 0.158 e. The summed E-state index contributed by atoms with van der Waals surface area (Å²) in [6.45, 7) is 0. The number of hydrogen-bond donors (Lipinski definition) is 2. The van der Waals surface area contributed by atoms with Gasteiger partial charge in [-0.1, -0.05) is 19.3 Å². The number of nitriles is 1. The first kappa shape index (κ1) is 11.8. The van der Waals surface area contributed by atoms with Gasteiger partial charge in [-0.05, 0) is 12.8 Å². The van der Waals surface area contributed by atoms with Crippen LogP contribution in [0.1, 0.15) is 37.8 Å². The first-order valence-electron chi connectivity index (χ1n) is 6.04. The molecule has 1 aromatic rings. The van der Waals surface area contributed by atoms with Crippen molar-refractivity contribution in [3.05, 3.63) is 18.1 Å². The van der Waals surface area contributed by atoms with Crippen LogP contribution in [0.25, 0.3) is 0 Å². The molecule has 2 rings (SSSR count). The van der Waals surface area contributed by atoms with E-state index in [1.807, 2.05) is 6.07 Å². The average molecular weight is 231 g/mol. The molecule has 0 saturated heterocycles. The highest BCUT2D eigenvalue weighted by atomic mass is 15.1. The molecule has 17 heavy (non-hydrogen) atoms. The molecule has 0 aliphatic heterocycles. The van der Waals surface area contributed by atoms with Crippen LogP contribution in [0.15, 0.2) is 12.4 Å². The minimum Gasteiger partial charge on any atom is -0.365 e. The van der Waals surface area contributed by atoms with Crippen LogP contribution in [-0.2, 0) is 0 Å². The molecule has 1 saturated carbocycles. The summed E-state index contributed by atoms with van der Waals surface area (Å²) in [6, 6.07) is 2.39. The van der Waals surface area contributed by atoms with Gasteiger partial charge in [0.1, 0.15) is 11.9 Å². The molecule has 0 aromatic carbocycles. The maximum absolute atomic E-state index is 8.64. The van der Waals surface area contributed by atoms with E-state index in [9.17, 15) is 0 Å². The molecule has 1 fully saturated rings. The molecule has 5 nitrogen and oxygen atoms in total. The van der Waals surface area contributed by atoms with Crippen molar-refractivity contribution < 1.29 is 0 Å². The van der Waals surface area contributed by atoms with E-state index >= 15 is 0 Å². The van der Waals surface area contributed by atoms with Crippen molar-refractivity contribution in [3.63, 3.8) is 0 Å². The van der Waals surface area contributed by atoms with E-state index in [1.54, 1.807) is 6.20 Å². The summed E-state index contributed by atoms with van der Waals surface area (Å²) in [5.41, 5.74) is 6.45. The average Bonchev–Trinajstić information content (AvgIpc) is 2.56. The second-order valence-corrected chi connectivity index (χ2v) is 4.45. The zero-order valence-electron chi connectivity index (χ0n) is 9.76. The third-order valence-electron chi connectivity index (χ3n) is 3.17. The van der Waals surface area contributed by atoms with E-state index in [0.717, 1.165) is 12.8 Å². The largest absolute Gasteiger partial charge is 0.365 e. The second kappa shape index (κ2) is 5.60. The fraction of sp³-hybridized carbons (Fsp3) is 0.583. The quantitative estimate of drug-likeness (QED) is 0.751. The molecule has 90 valence electrons. The summed E-state index contributed by atoms with van der Waals surface area (Å²) in [5.74, 6) is 0.700. The number of rotatable bonds is 2. The van der Waals surface area contributed by atoms with E-state index in [2.05, 4.69) is 15.3 Å². The number of hydrogen-bond acceptors (Lipinski definition) is 5. The highest BCUT2D eigenvalue weighted by Crippen LogP contribution is 2.19. The minimum absolute atomic E-state index is 0.176. The van der Waals surface area contributed by atoms with Gasteiger partial charge in [0, 0.05) is 12.1 Å². The maximum atomic E-state index is 8.64. The van der Waals surface area contributed by atoms with Crippen molar-refractivity contribution in [1.29, 1.82) is 5.26 Å². The fourth-order valence-electron chi connectivity index (χ4n) is 2.17. The SMILES string of the molecule is N#Cc1cnc(NC2CCCCCC2N)cn1. The van der Waals surface area contributed by atoms with Crippen LogP contribution in [0, 0.1) is 11.3 Å². The van der Waals surface area contributed by atoms with Crippen LogP contribution in [-0.4, -0.2) is 22.1 Å². The Labute approximate surface area is 101 Å². The Balaban J connectivity index is 2.01. The summed E-state index contributed by atoms with van der Waals surface area (Å²) < 4.78 is 0. The topological polar surface area (TPSA) is 87.6 Å². The number of aromatic nitrogens is 2. The molecule has 3 N–H and O–H groups in total. The van der Waals surface area contributed by atoms with Crippen LogP contribution in [0.4, 0.5) is 5.82 Å². The smallest absolute Gasteiger partial charge is 0.158 e. The zero-order chi connectivity index (χ0) is 12.1. The standard InChI is InChI=1S/C12H17N5/c13-6-9-7-16-12(8-15-9)17-11-5-3-1-2-4-10(11)14/h7-8,10-11H,1-5,14H2,(H,16,17). The Bertz CT molecular complexity index is 394. The Morgan fingerprint density at radius 2 is 2.06 bits per heavy atom. The van der Waals surface area contributed by atoms with Gasteiger partial charge in [-0.2, -0.15) is 5.26 Å². The predicted octanol–water partition coefficient (Wildman–Crippen LogP) is 1.42. The minimum atomic E-state index is 0.176. The van der Waals surface area contributed by atoms with E-state index in [-0.39, 0.29) is 12.1 Å². The van der Waals surface area contributed by atoms with Gasteiger partial charge in [-0.3, -0.25) is 0 Å². The van der Waals surface area contributed by atoms with Crippen molar-refractivity contribution in [3.8, 4) is 6.07 Å². The lowest BCUT2D eigenvalue weighted by Crippen LogP contribution is -2.39. The monoisotopic (exact) mass is 231 g/mol. The normalized spacial score (nSPS) is 24.7. The molecule has 2 atom stereocenters. The fourth-order valence-corrected chi connectivity index (χ4v) is 2.17. The lowest BCUT2D eigenvalue weighted by atomic mass is 10.0. The molecule has 0 bridgehead atoms. The molecule has 1 aliphatic rings. The van der Waals surface area contributed by atoms with Crippen molar-refractivity contribution >= 4 is 5.82 Å². The number of nitrogens with zero attached hydrogens (tertiary/aromatic N) is 3. The molecule has 0 amide bonds. The third kappa shape index (κ3) is 3.14. The zero-order valence-corrected chi connectivity index (χ0v) is 9.76. The number of anilines is 1. The van der Waals surface area contributed by atoms with Gasteiger partial charge >= 0.3 is 0 Å². The molecule has 1 heterocycles. The first-order chi connectivity index (χ1) is 8.29. The lowest BCUT2D eigenvalue weighted by Gasteiger charge is -2.22. The molecular formula is C12H17N5. The molecule has 5 heteroatoms. The van der Waals surface area contributed by atoms with Crippen molar-refractivity contribution in [2.45, 2.75) is 44.2 Å². The highest BCUT2D eigenvalue weighted by Gasteiger charge is 2.20. The third-order valence-corrected chi connectivity index (χ3v) is 3.17. The number of nitrogens with two attached hydrogens (primary N) is 1. The van der Waals surface area contributed by atoms with Crippen molar-refractivity contribution in [2.75, 3.05) is 5.32 Å². The highest BCUT2D eigenvalue weighted by molar-refractivity contribution is 5.34. The van der Waals surface area contributed by atoms with Crippen LogP contribution in [0.5, 0.6) is 0 Å². The number of nitrogens with one attached hydrogen (secondary N) is 1.